The molecule has 2 aromatic rings. The summed E-state index contributed by atoms with van der Waals surface area (Å²) in [6.45, 7) is 2.20. The van der Waals surface area contributed by atoms with Gasteiger partial charge in [0.1, 0.15) is 13.2 Å². The molecule has 0 atom stereocenters. The molecule has 1 aliphatic rings. The van der Waals surface area contributed by atoms with Crippen molar-refractivity contribution in [2.24, 2.45) is 0 Å². The topological polar surface area (TPSA) is 70.7 Å². The van der Waals surface area contributed by atoms with Gasteiger partial charge in [-0.2, -0.15) is 0 Å². The van der Waals surface area contributed by atoms with Gasteiger partial charge >= 0.3 is 6.09 Å². The maximum Gasteiger partial charge on any atom is 0.407 e. The minimum Gasteiger partial charge on any atom is -0.445 e. The predicted octanol–water partition coefficient (Wildman–Crippen LogP) is 3.54. The van der Waals surface area contributed by atoms with Crippen LogP contribution < -0.4 is 15.5 Å². The summed E-state index contributed by atoms with van der Waals surface area (Å²) in [7, 11) is 0. The minimum atomic E-state index is -0.616. The van der Waals surface area contributed by atoms with Crippen LogP contribution in [0.2, 0.25) is 0 Å². The van der Waals surface area contributed by atoms with E-state index in [1.165, 1.54) is 24.9 Å². The fourth-order valence-corrected chi connectivity index (χ4v) is 3.04. The summed E-state index contributed by atoms with van der Waals surface area (Å²) in [5.74, 6) is -0.294. The Labute approximate surface area is 159 Å². The molecule has 0 aromatic heterocycles. The van der Waals surface area contributed by atoms with E-state index in [1.54, 1.807) is 0 Å². The van der Waals surface area contributed by atoms with Crippen LogP contribution in [0.3, 0.4) is 0 Å². The number of anilines is 2. The van der Waals surface area contributed by atoms with Gasteiger partial charge in [0.15, 0.2) is 0 Å². The zero-order valence-corrected chi connectivity index (χ0v) is 15.3. The molecule has 2 aromatic carbocycles. The number of amides is 2. The molecule has 1 saturated heterocycles. The van der Waals surface area contributed by atoms with Crippen LogP contribution in [0.25, 0.3) is 0 Å². The van der Waals surface area contributed by atoms with Crippen LogP contribution in [0.15, 0.2) is 54.6 Å². The van der Waals surface area contributed by atoms with Crippen LogP contribution in [0.1, 0.15) is 24.8 Å². The lowest BCUT2D eigenvalue weighted by atomic mass is 10.1. The average Bonchev–Trinajstić information content (AvgIpc) is 2.73. The van der Waals surface area contributed by atoms with E-state index in [2.05, 4.69) is 15.5 Å². The van der Waals surface area contributed by atoms with E-state index in [1.807, 2.05) is 54.6 Å². The molecule has 1 heterocycles. The predicted molar refractivity (Wildman–Crippen MR) is 106 cm³/mol. The Morgan fingerprint density at radius 2 is 1.63 bits per heavy atom. The standard InChI is InChI=1S/C21H25N3O3/c25-20(15-22-21(26)27-16-17-7-3-1-4-8-17)23-18-9-11-19(12-10-18)24-13-5-2-6-14-24/h1,3-4,7-12H,2,5-6,13-16H2,(H,22,26)(H,23,25). The summed E-state index contributed by atoms with van der Waals surface area (Å²) in [6, 6.07) is 17.2. The number of hydrogen-bond acceptors (Lipinski definition) is 4. The number of nitrogens with zero attached hydrogens (tertiary/aromatic N) is 1. The molecular weight excluding hydrogens is 342 g/mol. The number of carbonyl (C=O) groups is 2. The Morgan fingerprint density at radius 1 is 0.926 bits per heavy atom. The van der Waals surface area contributed by atoms with Crippen LogP contribution in [-0.4, -0.2) is 31.6 Å². The van der Waals surface area contributed by atoms with E-state index >= 15 is 0 Å². The number of carbonyl (C=O) groups excluding carboxylic acids is 2. The number of rotatable bonds is 6. The van der Waals surface area contributed by atoms with Crippen molar-refractivity contribution < 1.29 is 14.3 Å². The van der Waals surface area contributed by atoms with Crippen molar-refractivity contribution in [2.45, 2.75) is 25.9 Å². The van der Waals surface area contributed by atoms with E-state index < -0.39 is 6.09 Å². The fraction of sp³-hybridized carbons (Fsp3) is 0.333. The lowest BCUT2D eigenvalue weighted by Crippen LogP contribution is -2.33. The number of alkyl carbamates (subject to hydrolysis) is 1. The van der Waals surface area contributed by atoms with Gasteiger partial charge in [0.2, 0.25) is 5.91 Å². The molecule has 0 saturated carbocycles. The molecule has 0 aliphatic carbocycles. The van der Waals surface area contributed by atoms with Crippen molar-refractivity contribution in [1.29, 1.82) is 0 Å². The molecule has 0 spiro atoms. The van der Waals surface area contributed by atoms with E-state index in [0.717, 1.165) is 18.7 Å². The van der Waals surface area contributed by atoms with E-state index in [9.17, 15) is 9.59 Å². The molecule has 6 nitrogen and oxygen atoms in total. The first-order valence-corrected chi connectivity index (χ1v) is 9.30. The summed E-state index contributed by atoms with van der Waals surface area (Å²) in [5.41, 5.74) is 2.78. The number of nitrogens with one attached hydrogen (secondary N) is 2. The smallest absolute Gasteiger partial charge is 0.407 e. The van der Waals surface area contributed by atoms with Crippen LogP contribution in [0.4, 0.5) is 16.2 Å². The minimum absolute atomic E-state index is 0.137. The largest absolute Gasteiger partial charge is 0.445 e. The lowest BCUT2D eigenvalue weighted by molar-refractivity contribution is -0.115. The molecule has 142 valence electrons. The van der Waals surface area contributed by atoms with E-state index in [4.69, 9.17) is 4.74 Å². The monoisotopic (exact) mass is 367 g/mol. The number of ether oxygens (including phenoxy) is 1. The van der Waals surface area contributed by atoms with Gasteiger partial charge in [-0.05, 0) is 49.1 Å². The van der Waals surface area contributed by atoms with Gasteiger partial charge in [0, 0.05) is 24.5 Å². The van der Waals surface area contributed by atoms with Crippen molar-refractivity contribution in [2.75, 3.05) is 29.9 Å². The molecular formula is C21H25N3O3. The highest BCUT2D eigenvalue weighted by Gasteiger charge is 2.11. The molecule has 27 heavy (non-hydrogen) atoms. The second-order valence-electron chi connectivity index (χ2n) is 6.56. The molecule has 2 N–H and O–H groups in total. The number of hydrogen-bond donors (Lipinski definition) is 2. The summed E-state index contributed by atoms with van der Waals surface area (Å²) in [6.07, 6.45) is 3.13. The van der Waals surface area contributed by atoms with E-state index in [-0.39, 0.29) is 19.1 Å². The molecule has 2 amide bonds. The summed E-state index contributed by atoms with van der Waals surface area (Å²) >= 11 is 0. The molecule has 3 rings (SSSR count). The summed E-state index contributed by atoms with van der Waals surface area (Å²) < 4.78 is 5.08. The lowest BCUT2D eigenvalue weighted by Gasteiger charge is -2.28. The molecule has 0 bridgehead atoms. The first-order valence-electron chi connectivity index (χ1n) is 9.30. The van der Waals surface area contributed by atoms with Crippen LogP contribution in [0.5, 0.6) is 0 Å². The summed E-state index contributed by atoms with van der Waals surface area (Å²) in [4.78, 5) is 26.0. The first-order chi connectivity index (χ1) is 13.2. The number of benzene rings is 2. The highest BCUT2D eigenvalue weighted by atomic mass is 16.5. The highest BCUT2D eigenvalue weighted by Crippen LogP contribution is 2.21. The summed E-state index contributed by atoms with van der Waals surface area (Å²) in [5, 5.41) is 5.23. The Morgan fingerprint density at radius 3 is 2.33 bits per heavy atom. The van der Waals surface area contributed by atoms with Gasteiger partial charge in [-0.15, -0.1) is 0 Å². The zero-order chi connectivity index (χ0) is 18.9. The van der Waals surface area contributed by atoms with Gasteiger partial charge in [0.05, 0.1) is 0 Å². The molecule has 1 fully saturated rings. The maximum absolute atomic E-state index is 12.0. The maximum atomic E-state index is 12.0. The third kappa shape index (κ3) is 6.02. The highest BCUT2D eigenvalue weighted by molar-refractivity contribution is 5.94. The quantitative estimate of drug-likeness (QED) is 0.819. The van der Waals surface area contributed by atoms with Crippen LogP contribution >= 0.6 is 0 Å². The van der Waals surface area contributed by atoms with Gasteiger partial charge in [0.25, 0.3) is 0 Å². The van der Waals surface area contributed by atoms with Crippen molar-refractivity contribution in [3.8, 4) is 0 Å². The Kier molecular flexibility index (Phi) is 6.68. The Balaban J connectivity index is 1.39. The van der Waals surface area contributed by atoms with Crippen molar-refractivity contribution in [3.63, 3.8) is 0 Å². The normalized spacial score (nSPS) is 13.7. The zero-order valence-electron chi connectivity index (χ0n) is 15.3. The SMILES string of the molecule is O=C(CNC(=O)OCc1ccccc1)Nc1ccc(N2CCCCC2)cc1. The third-order valence-corrected chi connectivity index (χ3v) is 4.48. The van der Waals surface area contributed by atoms with Crippen molar-refractivity contribution >= 4 is 23.4 Å². The van der Waals surface area contributed by atoms with Crippen LogP contribution in [0, 0.1) is 0 Å². The average molecular weight is 367 g/mol. The van der Waals surface area contributed by atoms with Crippen molar-refractivity contribution in [3.05, 3.63) is 60.2 Å². The van der Waals surface area contributed by atoms with Gasteiger partial charge in [-0.25, -0.2) is 4.79 Å². The first kappa shape index (κ1) is 18.8. The van der Waals surface area contributed by atoms with Crippen LogP contribution in [-0.2, 0) is 16.1 Å². The van der Waals surface area contributed by atoms with Gasteiger partial charge in [-0.1, -0.05) is 30.3 Å². The van der Waals surface area contributed by atoms with Crippen molar-refractivity contribution in [1.82, 2.24) is 5.32 Å². The molecule has 0 unspecified atom stereocenters. The fourth-order valence-electron chi connectivity index (χ4n) is 3.04. The molecule has 6 heteroatoms. The molecule has 1 aliphatic heterocycles. The van der Waals surface area contributed by atoms with Gasteiger partial charge in [-0.3, -0.25) is 4.79 Å². The van der Waals surface area contributed by atoms with Gasteiger partial charge < -0.3 is 20.3 Å². The Hall–Kier alpha value is -3.02. The Bertz CT molecular complexity index is 741. The third-order valence-electron chi connectivity index (χ3n) is 4.48. The number of piperidine rings is 1. The molecule has 0 radical (unpaired) electrons. The second-order valence-corrected chi connectivity index (χ2v) is 6.56. The van der Waals surface area contributed by atoms with E-state index in [0.29, 0.717) is 5.69 Å². The second kappa shape index (κ2) is 9.62.